The van der Waals surface area contributed by atoms with Crippen LogP contribution >= 0.6 is 0 Å². The summed E-state index contributed by atoms with van der Waals surface area (Å²) in [5.74, 6) is 0.725. The number of carbonyl (C=O) groups is 1. The Morgan fingerprint density at radius 1 is 1.47 bits per heavy atom. The highest BCUT2D eigenvalue weighted by Crippen LogP contribution is 2.25. The molecular formula is C15H24N2O2. The van der Waals surface area contributed by atoms with Gasteiger partial charge in [0.2, 0.25) is 0 Å². The van der Waals surface area contributed by atoms with Crippen molar-refractivity contribution in [3.63, 3.8) is 0 Å². The van der Waals surface area contributed by atoms with Crippen molar-refractivity contribution in [2.24, 2.45) is 11.3 Å². The molecule has 0 aliphatic rings. The van der Waals surface area contributed by atoms with E-state index in [2.05, 4.69) is 38.0 Å². The highest BCUT2D eigenvalue weighted by Gasteiger charge is 2.21. The minimum atomic E-state index is -0.332. The van der Waals surface area contributed by atoms with Crippen molar-refractivity contribution >= 4 is 11.8 Å². The third-order valence-corrected chi connectivity index (χ3v) is 3.36. The van der Waals surface area contributed by atoms with Gasteiger partial charge in [-0.05, 0) is 30.4 Å². The van der Waals surface area contributed by atoms with Crippen LogP contribution in [0.2, 0.25) is 0 Å². The second kappa shape index (κ2) is 6.55. The quantitative estimate of drug-likeness (QED) is 0.829. The molecule has 0 radical (unpaired) electrons. The van der Waals surface area contributed by atoms with Crippen LogP contribution in [0.3, 0.4) is 0 Å². The van der Waals surface area contributed by atoms with Crippen LogP contribution in [0.1, 0.15) is 45.0 Å². The van der Waals surface area contributed by atoms with Crippen molar-refractivity contribution < 1.29 is 9.53 Å². The molecule has 0 saturated heterocycles. The first-order chi connectivity index (χ1) is 8.86. The van der Waals surface area contributed by atoms with Gasteiger partial charge in [0.25, 0.3) is 0 Å². The first-order valence-electron chi connectivity index (χ1n) is 6.72. The summed E-state index contributed by atoms with van der Waals surface area (Å²) in [6.07, 6.45) is 1.67. The Balaban J connectivity index is 2.76. The van der Waals surface area contributed by atoms with Crippen molar-refractivity contribution in [2.45, 2.75) is 34.6 Å². The van der Waals surface area contributed by atoms with Gasteiger partial charge >= 0.3 is 5.97 Å². The molecule has 1 rings (SSSR count). The Kier molecular flexibility index (Phi) is 5.33. The molecule has 0 bridgehead atoms. The molecule has 0 amide bonds. The summed E-state index contributed by atoms with van der Waals surface area (Å²) < 4.78 is 5.02. The van der Waals surface area contributed by atoms with Crippen LogP contribution in [0.4, 0.5) is 5.82 Å². The van der Waals surface area contributed by atoms with Gasteiger partial charge in [0.05, 0.1) is 6.61 Å². The van der Waals surface area contributed by atoms with E-state index in [1.54, 1.807) is 25.3 Å². The number of aromatic nitrogens is 1. The lowest BCUT2D eigenvalue weighted by molar-refractivity contribution is 0.0527. The van der Waals surface area contributed by atoms with Gasteiger partial charge in [-0.1, -0.05) is 27.7 Å². The molecule has 0 saturated carbocycles. The van der Waals surface area contributed by atoms with E-state index in [4.69, 9.17) is 4.74 Å². The fourth-order valence-corrected chi connectivity index (χ4v) is 1.48. The maximum atomic E-state index is 11.8. The van der Waals surface area contributed by atoms with Crippen LogP contribution in [0.5, 0.6) is 0 Å². The standard InChI is InChI=1S/C15H24N2O2/c1-6-19-14(18)12-8-7-9-16-13(12)17-10-11(2)15(3,4)5/h7-9,11H,6,10H2,1-5H3,(H,16,17). The van der Waals surface area contributed by atoms with E-state index in [1.165, 1.54) is 0 Å². The van der Waals surface area contributed by atoms with Crippen LogP contribution in [-0.4, -0.2) is 24.1 Å². The second-order valence-electron chi connectivity index (χ2n) is 5.77. The zero-order valence-corrected chi connectivity index (χ0v) is 12.5. The monoisotopic (exact) mass is 264 g/mol. The van der Waals surface area contributed by atoms with Crippen LogP contribution < -0.4 is 5.32 Å². The van der Waals surface area contributed by atoms with Crippen LogP contribution in [0, 0.1) is 11.3 Å². The molecule has 0 aromatic carbocycles. The summed E-state index contributed by atoms with van der Waals surface area (Å²) >= 11 is 0. The molecule has 1 N–H and O–H groups in total. The zero-order chi connectivity index (χ0) is 14.5. The number of ether oxygens (including phenoxy) is 1. The van der Waals surface area contributed by atoms with Gasteiger partial charge in [-0.25, -0.2) is 9.78 Å². The fraction of sp³-hybridized carbons (Fsp3) is 0.600. The highest BCUT2D eigenvalue weighted by molar-refractivity contribution is 5.94. The molecule has 4 nitrogen and oxygen atoms in total. The van der Waals surface area contributed by atoms with E-state index < -0.39 is 0 Å². The maximum absolute atomic E-state index is 11.8. The Morgan fingerprint density at radius 2 is 2.16 bits per heavy atom. The molecule has 0 spiro atoms. The molecule has 1 unspecified atom stereocenters. The van der Waals surface area contributed by atoms with E-state index in [1.807, 2.05) is 0 Å². The Labute approximate surface area is 115 Å². The van der Waals surface area contributed by atoms with Gasteiger partial charge in [0, 0.05) is 12.7 Å². The predicted molar refractivity (Wildman–Crippen MR) is 77.3 cm³/mol. The first-order valence-corrected chi connectivity index (χ1v) is 6.72. The van der Waals surface area contributed by atoms with E-state index in [-0.39, 0.29) is 11.4 Å². The summed E-state index contributed by atoms with van der Waals surface area (Å²) in [4.78, 5) is 16.0. The summed E-state index contributed by atoms with van der Waals surface area (Å²) in [5.41, 5.74) is 0.705. The number of esters is 1. The molecule has 0 aliphatic carbocycles. The molecule has 1 aromatic heterocycles. The Bertz CT molecular complexity index is 424. The molecule has 0 fully saturated rings. The van der Waals surface area contributed by atoms with Crippen LogP contribution in [0.25, 0.3) is 0 Å². The highest BCUT2D eigenvalue weighted by atomic mass is 16.5. The topological polar surface area (TPSA) is 51.2 Å². The van der Waals surface area contributed by atoms with Crippen LogP contribution in [-0.2, 0) is 4.74 Å². The minimum absolute atomic E-state index is 0.214. The number of hydrogen-bond donors (Lipinski definition) is 1. The van der Waals surface area contributed by atoms with Gasteiger partial charge in [-0.3, -0.25) is 0 Å². The lowest BCUT2D eigenvalue weighted by Crippen LogP contribution is -2.25. The fourth-order valence-electron chi connectivity index (χ4n) is 1.48. The summed E-state index contributed by atoms with van der Waals surface area (Å²) in [6, 6.07) is 3.47. The lowest BCUT2D eigenvalue weighted by Gasteiger charge is -2.27. The van der Waals surface area contributed by atoms with Gasteiger partial charge in [-0.15, -0.1) is 0 Å². The average molecular weight is 264 g/mol. The molecule has 106 valence electrons. The van der Waals surface area contributed by atoms with Crippen molar-refractivity contribution in [3.8, 4) is 0 Å². The largest absolute Gasteiger partial charge is 0.462 e. The zero-order valence-electron chi connectivity index (χ0n) is 12.5. The normalized spacial score (nSPS) is 12.9. The van der Waals surface area contributed by atoms with Gasteiger partial charge in [-0.2, -0.15) is 0 Å². The third kappa shape index (κ3) is 4.54. The van der Waals surface area contributed by atoms with E-state index in [0.29, 0.717) is 23.9 Å². The molecule has 4 heteroatoms. The Hall–Kier alpha value is -1.58. The smallest absolute Gasteiger partial charge is 0.341 e. The number of pyridine rings is 1. The number of anilines is 1. The minimum Gasteiger partial charge on any atom is -0.462 e. The number of rotatable bonds is 5. The van der Waals surface area contributed by atoms with Gasteiger partial charge in [0.15, 0.2) is 0 Å². The molecular weight excluding hydrogens is 240 g/mol. The number of nitrogens with one attached hydrogen (secondary N) is 1. The molecule has 1 atom stereocenters. The molecule has 19 heavy (non-hydrogen) atoms. The number of nitrogens with zero attached hydrogens (tertiary/aromatic N) is 1. The summed E-state index contributed by atoms with van der Waals surface area (Å²) in [5, 5.41) is 3.25. The SMILES string of the molecule is CCOC(=O)c1cccnc1NCC(C)C(C)(C)C. The van der Waals surface area contributed by atoms with E-state index in [0.717, 1.165) is 6.54 Å². The van der Waals surface area contributed by atoms with Crippen molar-refractivity contribution in [3.05, 3.63) is 23.9 Å². The van der Waals surface area contributed by atoms with E-state index in [9.17, 15) is 4.79 Å². The number of carbonyl (C=O) groups excluding carboxylic acids is 1. The maximum Gasteiger partial charge on any atom is 0.341 e. The lowest BCUT2D eigenvalue weighted by atomic mass is 9.82. The summed E-state index contributed by atoms with van der Waals surface area (Å²) in [7, 11) is 0. The van der Waals surface area contributed by atoms with Crippen molar-refractivity contribution in [1.82, 2.24) is 4.98 Å². The van der Waals surface area contributed by atoms with Crippen molar-refractivity contribution in [2.75, 3.05) is 18.5 Å². The predicted octanol–water partition coefficient (Wildman–Crippen LogP) is 3.35. The molecule has 0 aliphatic heterocycles. The van der Waals surface area contributed by atoms with Gasteiger partial charge < -0.3 is 10.1 Å². The first kappa shape index (κ1) is 15.5. The second-order valence-corrected chi connectivity index (χ2v) is 5.77. The number of hydrogen-bond acceptors (Lipinski definition) is 4. The summed E-state index contributed by atoms with van der Waals surface area (Å²) in [6.45, 7) is 11.7. The molecule has 1 heterocycles. The van der Waals surface area contributed by atoms with Gasteiger partial charge in [0.1, 0.15) is 11.4 Å². The van der Waals surface area contributed by atoms with E-state index >= 15 is 0 Å². The van der Waals surface area contributed by atoms with Crippen LogP contribution in [0.15, 0.2) is 18.3 Å². The average Bonchev–Trinajstić information content (AvgIpc) is 2.35. The van der Waals surface area contributed by atoms with Crippen molar-refractivity contribution in [1.29, 1.82) is 0 Å². The third-order valence-electron chi connectivity index (χ3n) is 3.36. The Morgan fingerprint density at radius 3 is 2.74 bits per heavy atom. The molecule has 1 aromatic rings.